The van der Waals surface area contributed by atoms with Gasteiger partial charge in [-0.15, -0.1) is 0 Å². The summed E-state index contributed by atoms with van der Waals surface area (Å²) in [5, 5.41) is 2.74. The van der Waals surface area contributed by atoms with Gasteiger partial charge in [0.05, 0.1) is 0 Å². The van der Waals surface area contributed by atoms with Crippen LogP contribution in [0.2, 0.25) is 0 Å². The van der Waals surface area contributed by atoms with Gasteiger partial charge in [0.15, 0.2) is 0 Å². The zero-order chi connectivity index (χ0) is 12.7. The maximum Gasteiger partial charge on any atom is 0.407 e. The molecule has 4 nitrogen and oxygen atoms in total. The number of carbonyl (C=O) groups excluding carboxylic acids is 1. The number of benzene rings is 1. The summed E-state index contributed by atoms with van der Waals surface area (Å²) in [5.74, 6) is 0. The highest BCUT2D eigenvalue weighted by Crippen LogP contribution is 2.01. The largest absolute Gasteiger partial charge is 0.445 e. The van der Waals surface area contributed by atoms with Crippen LogP contribution in [0, 0.1) is 0 Å². The molecule has 0 radical (unpaired) electrons. The highest BCUT2D eigenvalue weighted by atomic mass is 16.5. The van der Waals surface area contributed by atoms with E-state index in [2.05, 4.69) is 5.32 Å². The molecule has 0 aromatic heterocycles. The lowest BCUT2D eigenvalue weighted by Crippen LogP contribution is -2.36. The molecule has 0 spiro atoms. The number of rotatable bonds is 5. The van der Waals surface area contributed by atoms with E-state index in [0.717, 1.165) is 12.0 Å². The molecular weight excluding hydrogens is 216 g/mol. The Labute approximate surface area is 102 Å². The number of nitrogens with two attached hydrogens (primary N) is 1. The molecule has 1 amide bonds. The summed E-state index contributed by atoms with van der Waals surface area (Å²) in [7, 11) is 0. The quantitative estimate of drug-likeness (QED) is 0.822. The summed E-state index contributed by atoms with van der Waals surface area (Å²) in [4.78, 5) is 11.4. The van der Waals surface area contributed by atoms with E-state index in [9.17, 15) is 4.79 Å². The average molecular weight is 236 g/mol. The SMILES string of the molecule is CC(N)CC(C)NC(=O)OCc1ccccc1. The van der Waals surface area contributed by atoms with Crippen LogP contribution in [-0.4, -0.2) is 18.2 Å². The molecule has 17 heavy (non-hydrogen) atoms. The highest BCUT2D eigenvalue weighted by molar-refractivity contribution is 5.67. The first-order valence-corrected chi connectivity index (χ1v) is 5.80. The van der Waals surface area contributed by atoms with Crippen LogP contribution in [-0.2, 0) is 11.3 Å². The fourth-order valence-corrected chi connectivity index (χ4v) is 1.58. The van der Waals surface area contributed by atoms with Crippen LogP contribution in [0.4, 0.5) is 4.79 Å². The number of ether oxygens (including phenoxy) is 1. The lowest BCUT2D eigenvalue weighted by atomic mass is 10.1. The Morgan fingerprint density at radius 1 is 1.35 bits per heavy atom. The molecule has 0 heterocycles. The van der Waals surface area contributed by atoms with Crippen molar-refractivity contribution in [1.29, 1.82) is 0 Å². The number of alkyl carbamates (subject to hydrolysis) is 1. The van der Waals surface area contributed by atoms with Crippen LogP contribution < -0.4 is 11.1 Å². The number of nitrogens with one attached hydrogen (secondary N) is 1. The molecule has 0 aliphatic rings. The van der Waals surface area contributed by atoms with Gasteiger partial charge < -0.3 is 15.8 Å². The van der Waals surface area contributed by atoms with Crippen molar-refractivity contribution in [2.75, 3.05) is 0 Å². The summed E-state index contributed by atoms with van der Waals surface area (Å²) in [5.41, 5.74) is 6.62. The van der Waals surface area contributed by atoms with Gasteiger partial charge in [0.2, 0.25) is 0 Å². The Balaban J connectivity index is 2.26. The number of amides is 1. The summed E-state index contributed by atoms with van der Waals surface area (Å²) in [6.07, 6.45) is 0.336. The normalized spacial score (nSPS) is 13.8. The van der Waals surface area contributed by atoms with Crippen molar-refractivity contribution in [1.82, 2.24) is 5.32 Å². The smallest absolute Gasteiger partial charge is 0.407 e. The van der Waals surface area contributed by atoms with E-state index in [-0.39, 0.29) is 18.7 Å². The van der Waals surface area contributed by atoms with Crippen LogP contribution in [0.1, 0.15) is 25.8 Å². The first-order valence-electron chi connectivity index (χ1n) is 5.80. The first kappa shape index (κ1) is 13.5. The molecule has 94 valence electrons. The average Bonchev–Trinajstić information content (AvgIpc) is 2.26. The van der Waals surface area contributed by atoms with Crippen molar-refractivity contribution in [3.8, 4) is 0 Å². The maximum absolute atomic E-state index is 11.4. The highest BCUT2D eigenvalue weighted by Gasteiger charge is 2.09. The van der Waals surface area contributed by atoms with Gasteiger partial charge >= 0.3 is 6.09 Å². The van der Waals surface area contributed by atoms with Crippen molar-refractivity contribution in [2.45, 2.75) is 39.0 Å². The zero-order valence-corrected chi connectivity index (χ0v) is 10.3. The minimum absolute atomic E-state index is 0.0262. The molecule has 0 aliphatic carbocycles. The first-order chi connectivity index (χ1) is 8.08. The molecule has 1 aromatic rings. The molecule has 0 bridgehead atoms. The van der Waals surface area contributed by atoms with Gasteiger partial charge in [0.25, 0.3) is 0 Å². The van der Waals surface area contributed by atoms with Crippen molar-refractivity contribution >= 4 is 6.09 Å². The molecule has 0 saturated heterocycles. The summed E-state index contributed by atoms with van der Waals surface area (Å²) in [6, 6.07) is 9.67. The topological polar surface area (TPSA) is 64.3 Å². The second-order valence-corrected chi connectivity index (χ2v) is 4.32. The third-order valence-corrected chi connectivity index (χ3v) is 2.30. The van der Waals surface area contributed by atoms with Gasteiger partial charge in [-0.25, -0.2) is 4.79 Å². The van der Waals surface area contributed by atoms with Crippen LogP contribution in [0.5, 0.6) is 0 Å². The minimum Gasteiger partial charge on any atom is -0.445 e. The summed E-state index contributed by atoms with van der Waals surface area (Å²) < 4.78 is 5.09. The van der Waals surface area contributed by atoms with Crippen molar-refractivity contribution < 1.29 is 9.53 Å². The molecule has 2 unspecified atom stereocenters. The lowest BCUT2D eigenvalue weighted by Gasteiger charge is -2.15. The van der Waals surface area contributed by atoms with Crippen LogP contribution >= 0.6 is 0 Å². The minimum atomic E-state index is -0.401. The lowest BCUT2D eigenvalue weighted by molar-refractivity contribution is 0.135. The number of carbonyl (C=O) groups is 1. The summed E-state index contributed by atoms with van der Waals surface area (Å²) >= 11 is 0. The zero-order valence-electron chi connectivity index (χ0n) is 10.3. The van der Waals surface area contributed by atoms with Gasteiger partial charge in [-0.3, -0.25) is 0 Å². The molecule has 0 fully saturated rings. The third-order valence-electron chi connectivity index (χ3n) is 2.30. The van der Waals surface area contributed by atoms with Crippen LogP contribution in [0.15, 0.2) is 30.3 Å². The monoisotopic (exact) mass is 236 g/mol. The van der Waals surface area contributed by atoms with E-state index in [1.165, 1.54) is 0 Å². The molecule has 1 rings (SSSR count). The number of hydrogen-bond acceptors (Lipinski definition) is 3. The Hall–Kier alpha value is -1.55. The number of hydrogen-bond donors (Lipinski definition) is 2. The Bertz CT molecular complexity index is 339. The van der Waals surface area contributed by atoms with Crippen molar-refractivity contribution in [2.24, 2.45) is 5.73 Å². The second kappa shape index (κ2) is 6.91. The fraction of sp³-hybridized carbons (Fsp3) is 0.462. The van der Waals surface area contributed by atoms with E-state index in [0.29, 0.717) is 0 Å². The van der Waals surface area contributed by atoms with Gasteiger partial charge in [-0.2, -0.15) is 0 Å². The standard InChI is InChI=1S/C13H20N2O2/c1-10(14)8-11(2)15-13(16)17-9-12-6-4-3-5-7-12/h3-7,10-11H,8-9,14H2,1-2H3,(H,15,16). The van der Waals surface area contributed by atoms with Gasteiger partial charge in [0, 0.05) is 12.1 Å². The van der Waals surface area contributed by atoms with E-state index in [1.54, 1.807) is 0 Å². The van der Waals surface area contributed by atoms with Gasteiger partial charge in [0.1, 0.15) is 6.61 Å². The summed E-state index contributed by atoms with van der Waals surface area (Å²) in [6.45, 7) is 4.11. The van der Waals surface area contributed by atoms with Gasteiger partial charge in [-0.05, 0) is 25.8 Å². The Morgan fingerprint density at radius 2 is 2.00 bits per heavy atom. The van der Waals surface area contributed by atoms with Crippen molar-refractivity contribution in [3.05, 3.63) is 35.9 Å². The Kier molecular flexibility index (Phi) is 5.49. The van der Waals surface area contributed by atoms with Crippen LogP contribution in [0.3, 0.4) is 0 Å². The predicted octanol–water partition coefficient (Wildman–Crippen LogP) is 2.04. The molecule has 4 heteroatoms. The second-order valence-electron chi connectivity index (χ2n) is 4.32. The maximum atomic E-state index is 11.4. The molecule has 3 N–H and O–H groups in total. The van der Waals surface area contributed by atoms with E-state index in [4.69, 9.17) is 10.5 Å². The van der Waals surface area contributed by atoms with E-state index >= 15 is 0 Å². The predicted molar refractivity (Wildman–Crippen MR) is 67.5 cm³/mol. The van der Waals surface area contributed by atoms with Gasteiger partial charge in [-0.1, -0.05) is 30.3 Å². The molecule has 2 atom stereocenters. The molecule has 0 aliphatic heterocycles. The third kappa shape index (κ3) is 5.92. The molecular formula is C13H20N2O2. The van der Waals surface area contributed by atoms with E-state index in [1.807, 2.05) is 44.2 Å². The van der Waals surface area contributed by atoms with Crippen LogP contribution in [0.25, 0.3) is 0 Å². The van der Waals surface area contributed by atoms with E-state index < -0.39 is 6.09 Å². The fourth-order valence-electron chi connectivity index (χ4n) is 1.58. The molecule has 1 aromatic carbocycles. The Morgan fingerprint density at radius 3 is 2.59 bits per heavy atom. The van der Waals surface area contributed by atoms with Crippen molar-refractivity contribution in [3.63, 3.8) is 0 Å². The molecule has 0 saturated carbocycles.